The highest BCUT2D eigenvalue weighted by Crippen LogP contribution is 2.35. The molecule has 1 aromatic rings. The second-order valence-corrected chi connectivity index (χ2v) is 5.97. The molecule has 0 radical (unpaired) electrons. The number of aliphatic hydroxyl groups is 1. The molecule has 0 amide bonds. The molecule has 0 aliphatic heterocycles. The number of ether oxygens (including phenoxy) is 1. The summed E-state index contributed by atoms with van der Waals surface area (Å²) in [6, 6.07) is 5.48. The van der Waals surface area contributed by atoms with Crippen LogP contribution in [0.5, 0.6) is 5.75 Å². The zero-order valence-electron chi connectivity index (χ0n) is 13.3. The van der Waals surface area contributed by atoms with E-state index in [-0.39, 0.29) is 11.8 Å². The van der Waals surface area contributed by atoms with Gasteiger partial charge in [0.15, 0.2) is 0 Å². The first-order valence-electron chi connectivity index (χ1n) is 7.80. The number of aliphatic hydroxyl groups excluding tert-OH is 1. The second kappa shape index (κ2) is 9.29. The van der Waals surface area contributed by atoms with Crippen LogP contribution >= 0.6 is 11.6 Å². The maximum absolute atomic E-state index is 10.8. The Kier molecular flexibility index (Phi) is 8.09. The fourth-order valence-corrected chi connectivity index (χ4v) is 3.04. The summed E-state index contributed by atoms with van der Waals surface area (Å²) in [6.45, 7) is 4.66. The first-order chi connectivity index (χ1) is 10.1. The maximum Gasteiger partial charge on any atom is 0.122 e. The summed E-state index contributed by atoms with van der Waals surface area (Å²) < 4.78 is 5.40. The number of halogens is 1. The van der Waals surface area contributed by atoms with Crippen LogP contribution < -0.4 is 10.5 Å². The Morgan fingerprint density at radius 1 is 1.33 bits per heavy atom. The van der Waals surface area contributed by atoms with Crippen LogP contribution in [0.1, 0.15) is 51.0 Å². The molecule has 0 aromatic heterocycles. The number of hydrogen-bond acceptors (Lipinski definition) is 3. The third-order valence-corrected chi connectivity index (χ3v) is 4.43. The van der Waals surface area contributed by atoms with E-state index >= 15 is 0 Å². The number of methoxy groups -OCH3 is 1. The molecular weight excluding hydrogens is 286 g/mol. The Balaban J connectivity index is 3.02. The monoisotopic (exact) mass is 313 g/mol. The van der Waals surface area contributed by atoms with E-state index in [0.717, 1.165) is 37.0 Å². The quantitative estimate of drug-likeness (QED) is 0.725. The van der Waals surface area contributed by atoms with Gasteiger partial charge in [-0.1, -0.05) is 44.7 Å². The lowest BCUT2D eigenvalue weighted by molar-refractivity contribution is 0.0735. The summed E-state index contributed by atoms with van der Waals surface area (Å²) in [5.41, 5.74) is 6.84. The lowest BCUT2D eigenvalue weighted by Crippen LogP contribution is -2.32. The van der Waals surface area contributed by atoms with Gasteiger partial charge in [0, 0.05) is 23.0 Å². The largest absolute Gasteiger partial charge is 0.496 e. The fourth-order valence-electron chi connectivity index (χ4n) is 2.86. The maximum atomic E-state index is 10.8. The summed E-state index contributed by atoms with van der Waals surface area (Å²) in [5.74, 6) is 0.835. The smallest absolute Gasteiger partial charge is 0.122 e. The van der Waals surface area contributed by atoms with Crippen molar-refractivity contribution in [2.75, 3.05) is 13.7 Å². The summed E-state index contributed by atoms with van der Waals surface area (Å²) in [6.07, 6.45) is 3.75. The van der Waals surface area contributed by atoms with Crippen LogP contribution in [-0.2, 0) is 0 Å². The SMILES string of the molecule is CCCCC(CC)C(O)C(CN)c1cc(Cl)ccc1OC. The van der Waals surface area contributed by atoms with Gasteiger partial charge in [0.05, 0.1) is 13.2 Å². The van der Waals surface area contributed by atoms with Gasteiger partial charge in [-0.3, -0.25) is 0 Å². The van der Waals surface area contributed by atoms with Gasteiger partial charge in [-0.25, -0.2) is 0 Å². The predicted molar refractivity (Wildman–Crippen MR) is 89.1 cm³/mol. The van der Waals surface area contributed by atoms with Gasteiger partial charge >= 0.3 is 0 Å². The predicted octanol–water partition coefficient (Wildman–Crippen LogP) is 3.97. The summed E-state index contributed by atoms with van der Waals surface area (Å²) in [7, 11) is 1.63. The van der Waals surface area contributed by atoms with Crippen molar-refractivity contribution in [3.8, 4) is 5.75 Å². The van der Waals surface area contributed by atoms with Crippen LogP contribution in [-0.4, -0.2) is 24.9 Å². The molecule has 4 heteroatoms. The highest BCUT2D eigenvalue weighted by Gasteiger charge is 2.28. The van der Waals surface area contributed by atoms with Crippen LogP contribution in [0.3, 0.4) is 0 Å². The number of hydrogen-bond donors (Lipinski definition) is 2. The van der Waals surface area contributed by atoms with Crippen LogP contribution in [0.4, 0.5) is 0 Å². The van der Waals surface area contributed by atoms with Crippen molar-refractivity contribution in [2.45, 2.75) is 51.6 Å². The first kappa shape index (κ1) is 18.3. The number of unbranched alkanes of at least 4 members (excludes halogenated alkanes) is 1. The molecule has 21 heavy (non-hydrogen) atoms. The molecule has 3 N–H and O–H groups in total. The molecule has 0 fully saturated rings. The van der Waals surface area contributed by atoms with E-state index in [1.54, 1.807) is 13.2 Å². The summed E-state index contributed by atoms with van der Waals surface area (Å²) >= 11 is 6.10. The van der Waals surface area contributed by atoms with Crippen LogP contribution in [0.2, 0.25) is 5.02 Å². The molecule has 0 aliphatic rings. The lowest BCUT2D eigenvalue weighted by Gasteiger charge is -2.30. The minimum absolute atomic E-state index is 0.152. The average Bonchev–Trinajstić information content (AvgIpc) is 2.49. The van der Waals surface area contributed by atoms with Crippen molar-refractivity contribution in [3.05, 3.63) is 28.8 Å². The molecule has 120 valence electrons. The van der Waals surface area contributed by atoms with E-state index in [4.69, 9.17) is 22.1 Å². The minimum Gasteiger partial charge on any atom is -0.496 e. The number of rotatable bonds is 9. The molecule has 0 saturated heterocycles. The van der Waals surface area contributed by atoms with E-state index in [1.165, 1.54) is 0 Å². The average molecular weight is 314 g/mol. The summed E-state index contributed by atoms with van der Waals surface area (Å²) in [4.78, 5) is 0. The van der Waals surface area contributed by atoms with Gasteiger partial charge < -0.3 is 15.6 Å². The van der Waals surface area contributed by atoms with E-state index in [9.17, 15) is 5.11 Å². The molecule has 0 saturated carbocycles. The minimum atomic E-state index is -0.473. The topological polar surface area (TPSA) is 55.5 Å². The number of benzene rings is 1. The van der Waals surface area contributed by atoms with Gasteiger partial charge in [-0.15, -0.1) is 0 Å². The molecule has 0 spiro atoms. The summed E-state index contributed by atoms with van der Waals surface area (Å²) in [5, 5.41) is 11.4. The molecule has 1 rings (SSSR count). The zero-order valence-corrected chi connectivity index (χ0v) is 14.1. The molecule has 0 bridgehead atoms. The van der Waals surface area contributed by atoms with Crippen molar-refractivity contribution in [3.63, 3.8) is 0 Å². The Bertz CT molecular complexity index is 425. The van der Waals surface area contributed by atoms with E-state index < -0.39 is 6.10 Å². The Morgan fingerprint density at radius 3 is 2.57 bits per heavy atom. The van der Waals surface area contributed by atoms with Crippen LogP contribution in [0.25, 0.3) is 0 Å². The molecular formula is C17H28ClNO2. The highest BCUT2D eigenvalue weighted by atomic mass is 35.5. The molecule has 3 nitrogen and oxygen atoms in total. The van der Waals surface area contributed by atoms with E-state index in [1.807, 2.05) is 12.1 Å². The van der Waals surface area contributed by atoms with Gasteiger partial charge in [0.25, 0.3) is 0 Å². The van der Waals surface area contributed by atoms with Crippen molar-refractivity contribution < 1.29 is 9.84 Å². The third-order valence-electron chi connectivity index (χ3n) is 4.19. The van der Waals surface area contributed by atoms with Crippen molar-refractivity contribution in [1.82, 2.24) is 0 Å². The molecule has 0 heterocycles. The normalized spacial score (nSPS) is 15.5. The standard InChI is InChI=1S/C17H28ClNO2/c1-4-6-7-12(5-2)17(20)15(11-19)14-10-13(18)8-9-16(14)21-3/h8-10,12,15,17,20H,4-7,11,19H2,1-3H3. The lowest BCUT2D eigenvalue weighted by atomic mass is 9.82. The highest BCUT2D eigenvalue weighted by molar-refractivity contribution is 6.30. The van der Waals surface area contributed by atoms with Gasteiger partial charge in [0.2, 0.25) is 0 Å². The van der Waals surface area contributed by atoms with Crippen LogP contribution in [0, 0.1) is 5.92 Å². The van der Waals surface area contributed by atoms with Crippen molar-refractivity contribution in [2.24, 2.45) is 11.7 Å². The van der Waals surface area contributed by atoms with Crippen LogP contribution in [0.15, 0.2) is 18.2 Å². The zero-order chi connectivity index (χ0) is 15.8. The van der Waals surface area contributed by atoms with Gasteiger partial charge in [0.1, 0.15) is 5.75 Å². The van der Waals surface area contributed by atoms with Crippen molar-refractivity contribution >= 4 is 11.6 Å². The van der Waals surface area contributed by atoms with Gasteiger partial charge in [-0.05, 0) is 30.5 Å². The second-order valence-electron chi connectivity index (χ2n) is 5.53. The first-order valence-corrected chi connectivity index (χ1v) is 8.18. The molecule has 3 atom stereocenters. The van der Waals surface area contributed by atoms with Crippen molar-refractivity contribution in [1.29, 1.82) is 0 Å². The Hall–Kier alpha value is -0.770. The molecule has 0 aliphatic carbocycles. The van der Waals surface area contributed by atoms with E-state index in [0.29, 0.717) is 11.6 Å². The van der Waals surface area contributed by atoms with E-state index in [2.05, 4.69) is 13.8 Å². The third kappa shape index (κ3) is 4.87. The molecule has 3 unspecified atom stereocenters. The number of nitrogens with two attached hydrogens (primary N) is 1. The Morgan fingerprint density at radius 2 is 2.05 bits per heavy atom. The Labute approximate surface area is 133 Å². The fraction of sp³-hybridized carbons (Fsp3) is 0.647. The molecule has 1 aromatic carbocycles. The van der Waals surface area contributed by atoms with Gasteiger partial charge in [-0.2, -0.15) is 0 Å².